The highest BCUT2D eigenvalue weighted by molar-refractivity contribution is 9.10. The number of rotatable bonds is 2. The molecule has 4 nitrogen and oxygen atoms in total. The number of anilines is 1. The lowest BCUT2D eigenvalue weighted by molar-refractivity contribution is 0.539. The van der Waals surface area contributed by atoms with Gasteiger partial charge < -0.3 is 5.32 Å². The van der Waals surface area contributed by atoms with E-state index in [1.165, 1.54) is 12.1 Å². The Bertz CT molecular complexity index is 936. The molecule has 0 aliphatic carbocycles. The van der Waals surface area contributed by atoms with Gasteiger partial charge in [-0.15, -0.1) is 5.10 Å². The van der Waals surface area contributed by atoms with Crippen molar-refractivity contribution >= 4 is 33.2 Å². The summed E-state index contributed by atoms with van der Waals surface area (Å²) in [5, 5.41) is 12.3. The molecule has 1 atom stereocenters. The molecule has 0 saturated carbocycles. The third-order valence-electron chi connectivity index (χ3n) is 4.38. The summed E-state index contributed by atoms with van der Waals surface area (Å²) < 4.78 is 16.6. The lowest BCUT2D eigenvalue weighted by Crippen LogP contribution is -2.13. The Kier molecular flexibility index (Phi) is 4.25. The van der Waals surface area contributed by atoms with E-state index in [1.54, 1.807) is 6.07 Å². The highest BCUT2D eigenvalue weighted by Gasteiger charge is 2.25. The zero-order valence-corrected chi connectivity index (χ0v) is 15.8. The maximum atomic E-state index is 13.7. The number of aromatic nitrogens is 3. The van der Waals surface area contributed by atoms with Gasteiger partial charge in [-0.25, -0.2) is 9.07 Å². The first-order valence-electron chi connectivity index (χ1n) is 7.94. The van der Waals surface area contributed by atoms with Crippen molar-refractivity contribution in [2.24, 2.45) is 0 Å². The van der Waals surface area contributed by atoms with Crippen molar-refractivity contribution in [1.82, 2.24) is 15.0 Å². The molecule has 0 fully saturated rings. The molecule has 0 radical (unpaired) electrons. The number of benzene rings is 2. The second-order valence-corrected chi connectivity index (χ2v) is 7.47. The van der Waals surface area contributed by atoms with Gasteiger partial charge in [0.05, 0.1) is 17.4 Å². The number of halogens is 3. The highest BCUT2D eigenvalue weighted by Crippen LogP contribution is 2.38. The van der Waals surface area contributed by atoms with Gasteiger partial charge in [0.1, 0.15) is 5.82 Å². The second kappa shape index (κ2) is 6.42. The molecule has 0 saturated heterocycles. The lowest BCUT2D eigenvalue weighted by Gasteiger charge is -2.21. The topological polar surface area (TPSA) is 42.7 Å². The van der Waals surface area contributed by atoms with Crippen molar-refractivity contribution in [3.8, 4) is 11.3 Å². The molecule has 25 heavy (non-hydrogen) atoms. The second-order valence-electron chi connectivity index (χ2n) is 6.12. The van der Waals surface area contributed by atoms with Crippen LogP contribution in [0.25, 0.3) is 11.3 Å². The maximum absolute atomic E-state index is 13.7. The molecule has 1 aliphatic heterocycles. The van der Waals surface area contributed by atoms with Crippen LogP contribution in [0.4, 0.5) is 10.1 Å². The van der Waals surface area contributed by atoms with E-state index in [1.807, 2.05) is 17.7 Å². The molecule has 4 rings (SSSR count). The Morgan fingerprint density at radius 2 is 2.12 bits per heavy atom. The Hall–Kier alpha value is -1.92. The summed E-state index contributed by atoms with van der Waals surface area (Å²) in [5.41, 5.74) is 4.81. The molecule has 2 heterocycles. The van der Waals surface area contributed by atoms with E-state index in [2.05, 4.69) is 43.7 Å². The fourth-order valence-electron chi connectivity index (χ4n) is 3.32. The van der Waals surface area contributed by atoms with Crippen LogP contribution in [0.3, 0.4) is 0 Å². The van der Waals surface area contributed by atoms with Gasteiger partial charge >= 0.3 is 0 Å². The summed E-state index contributed by atoms with van der Waals surface area (Å²) >= 11 is 9.55. The quantitative estimate of drug-likeness (QED) is 0.605. The van der Waals surface area contributed by atoms with Crippen LogP contribution < -0.4 is 5.32 Å². The van der Waals surface area contributed by atoms with Crippen LogP contribution in [0.2, 0.25) is 5.02 Å². The van der Waals surface area contributed by atoms with E-state index >= 15 is 0 Å². The minimum atomic E-state index is -0.356. The first kappa shape index (κ1) is 16.5. The number of nitrogens with one attached hydrogen (secondary N) is 1. The zero-order valence-electron chi connectivity index (χ0n) is 13.4. The molecule has 0 spiro atoms. The number of hydrogen-bond donors (Lipinski definition) is 1. The molecule has 1 aliphatic rings. The van der Waals surface area contributed by atoms with Crippen molar-refractivity contribution in [1.29, 1.82) is 0 Å². The van der Waals surface area contributed by atoms with Crippen LogP contribution in [0, 0.1) is 12.7 Å². The van der Waals surface area contributed by atoms with E-state index in [0.29, 0.717) is 10.7 Å². The van der Waals surface area contributed by atoms with E-state index in [0.717, 1.165) is 40.0 Å². The monoisotopic (exact) mass is 420 g/mol. The largest absolute Gasteiger partial charge is 0.378 e. The molecule has 0 bridgehead atoms. The standard InChI is InChI=1S/C18H15BrClFN4/c1-10-18-15-3-2-11(19)6-16(15)17(4-5-25(18)24-23-10)22-14-8-12(20)7-13(21)9-14/h2-3,6-9,17,22H,4-5H2,1H3. The molecule has 1 unspecified atom stereocenters. The minimum Gasteiger partial charge on any atom is -0.378 e. The van der Waals surface area contributed by atoms with Crippen LogP contribution >= 0.6 is 27.5 Å². The highest BCUT2D eigenvalue weighted by atomic mass is 79.9. The van der Waals surface area contributed by atoms with E-state index in [-0.39, 0.29) is 11.9 Å². The summed E-state index contributed by atoms with van der Waals surface area (Å²) in [6.45, 7) is 2.69. The predicted octanol–water partition coefficient (Wildman–Crippen LogP) is 5.37. The molecular weight excluding hydrogens is 407 g/mol. The Morgan fingerprint density at radius 3 is 2.92 bits per heavy atom. The van der Waals surface area contributed by atoms with Crippen LogP contribution in [-0.4, -0.2) is 15.0 Å². The van der Waals surface area contributed by atoms with Crippen molar-refractivity contribution in [3.63, 3.8) is 0 Å². The summed E-state index contributed by atoms with van der Waals surface area (Å²) in [6.07, 6.45) is 0.799. The summed E-state index contributed by atoms with van der Waals surface area (Å²) in [4.78, 5) is 0. The van der Waals surface area contributed by atoms with Gasteiger partial charge in [0, 0.05) is 27.3 Å². The number of aryl methyl sites for hydroxylation is 2. The fraction of sp³-hybridized carbons (Fsp3) is 0.222. The third-order valence-corrected chi connectivity index (χ3v) is 5.09. The molecule has 3 aromatic rings. The van der Waals surface area contributed by atoms with Crippen molar-refractivity contribution < 1.29 is 4.39 Å². The molecule has 7 heteroatoms. The molecular formula is C18H15BrClFN4. The van der Waals surface area contributed by atoms with Gasteiger partial charge in [-0.1, -0.05) is 38.8 Å². The summed E-state index contributed by atoms with van der Waals surface area (Å²) in [6, 6.07) is 10.7. The van der Waals surface area contributed by atoms with Gasteiger partial charge in [-0.05, 0) is 49.2 Å². The van der Waals surface area contributed by atoms with E-state index in [4.69, 9.17) is 11.6 Å². The fourth-order valence-corrected chi connectivity index (χ4v) is 3.92. The SMILES string of the molecule is Cc1nnn2c1-c1ccc(Br)cc1C(Nc1cc(F)cc(Cl)c1)CC2. The van der Waals surface area contributed by atoms with Crippen LogP contribution in [0.1, 0.15) is 23.7 Å². The minimum absolute atomic E-state index is 0.00599. The summed E-state index contributed by atoms with van der Waals surface area (Å²) in [5.74, 6) is -0.356. The van der Waals surface area contributed by atoms with Gasteiger partial charge in [0.2, 0.25) is 0 Å². The van der Waals surface area contributed by atoms with Gasteiger partial charge in [0.25, 0.3) is 0 Å². The Morgan fingerprint density at radius 1 is 1.28 bits per heavy atom. The first-order valence-corrected chi connectivity index (χ1v) is 9.11. The number of nitrogens with zero attached hydrogens (tertiary/aromatic N) is 3. The Labute approximate surface area is 158 Å². The maximum Gasteiger partial charge on any atom is 0.126 e. The van der Waals surface area contributed by atoms with E-state index in [9.17, 15) is 4.39 Å². The van der Waals surface area contributed by atoms with Gasteiger partial charge in [0.15, 0.2) is 0 Å². The van der Waals surface area contributed by atoms with Crippen LogP contribution in [-0.2, 0) is 6.54 Å². The smallest absolute Gasteiger partial charge is 0.126 e. The summed E-state index contributed by atoms with van der Waals surface area (Å²) in [7, 11) is 0. The third kappa shape index (κ3) is 3.16. The lowest BCUT2D eigenvalue weighted by atomic mass is 9.96. The average molecular weight is 422 g/mol. The first-order chi connectivity index (χ1) is 12.0. The molecule has 0 amide bonds. The van der Waals surface area contributed by atoms with Crippen molar-refractivity contribution in [2.45, 2.75) is 25.9 Å². The van der Waals surface area contributed by atoms with Crippen molar-refractivity contribution in [2.75, 3.05) is 5.32 Å². The number of fused-ring (bicyclic) bond motifs is 3. The van der Waals surface area contributed by atoms with Crippen LogP contribution in [0.15, 0.2) is 40.9 Å². The molecule has 128 valence electrons. The average Bonchev–Trinajstić information content (AvgIpc) is 2.83. The molecule has 1 aromatic heterocycles. The zero-order chi connectivity index (χ0) is 17.6. The molecule has 2 aromatic carbocycles. The molecule has 1 N–H and O–H groups in total. The van der Waals surface area contributed by atoms with Gasteiger partial charge in [-0.3, -0.25) is 0 Å². The van der Waals surface area contributed by atoms with E-state index < -0.39 is 0 Å². The van der Waals surface area contributed by atoms with Crippen molar-refractivity contribution in [3.05, 3.63) is 63.0 Å². The normalized spacial score (nSPS) is 16.1. The number of hydrogen-bond acceptors (Lipinski definition) is 3. The predicted molar refractivity (Wildman–Crippen MR) is 100 cm³/mol. The van der Waals surface area contributed by atoms with Gasteiger partial charge in [-0.2, -0.15) is 0 Å². The Balaban J connectivity index is 1.80. The van der Waals surface area contributed by atoms with Crippen LogP contribution in [0.5, 0.6) is 0 Å².